The second-order valence-electron chi connectivity index (χ2n) is 5.09. The fraction of sp³-hybridized carbons (Fsp3) is 0.923. The van der Waals surface area contributed by atoms with E-state index < -0.39 is 0 Å². The van der Waals surface area contributed by atoms with Crippen molar-refractivity contribution in [2.45, 2.75) is 63.9 Å². The molecule has 0 aliphatic heterocycles. The maximum atomic E-state index is 11.1. The Labute approximate surface area is 92.4 Å². The van der Waals surface area contributed by atoms with Crippen LogP contribution in [0.4, 0.5) is 0 Å². The van der Waals surface area contributed by atoms with E-state index in [0.717, 1.165) is 25.4 Å². The third kappa shape index (κ3) is 3.60. The van der Waals surface area contributed by atoms with E-state index in [4.69, 9.17) is 4.74 Å². The summed E-state index contributed by atoms with van der Waals surface area (Å²) in [7, 11) is 0. The first-order valence-electron chi connectivity index (χ1n) is 6.48. The maximum absolute atomic E-state index is 11.1. The van der Waals surface area contributed by atoms with Crippen molar-refractivity contribution in [3.63, 3.8) is 0 Å². The molecule has 2 heteroatoms. The summed E-state index contributed by atoms with van der Waals surface area (Å²) in [4.78, 5) is 11.1. The summed E-state index contributed by atoms with van der Waals surface area (Å²) in [6.07, 6.45) is 10.8. The van der Waals surface area contributed by atoms with Crippen LogP contribution >= 0.6 is 0 Å². The summed E-state index contributed by atoms with van der Waals surface area (Å²) in [5.74, 6) is 1.16. The molecule has 2 aliphatic carbocycles. The van der Waals surface area contributed by atoms with Crippen LogP contribution in [-0.4, -0.2) is 18.5 Å². The van der Waals surface area contributed by atoms with Gasteiger partial charge in [-0.1, -0.05) is 25.7 Å². The Morgan fingerprint density at radius 2 is 1.80 bits per heavy atom. The van der Waals surface area contributed by atoms with E-state index in [9.17, 15) is 4.79 Å². The first kappa shape index (κ1) is 11.1. The zero-order valence-electron chi connectivity index (χ0n) is 9.54. The highest BCUT2D eigenvalue weighted by atomic mass is 16.5. The normalized spacial score (nSPS) is 29.3. The number of Topliss-reactive ketones (excluding diaryl/α,β-unsaturated/α-hetero) is 1. The number of rotatable bonds is 3. The van der Waals surface area contributed by atoms with Crippen LogP contribution in [-0.2, 0) is 9.53 Å². The van der Waals surface area contributed by atoms with Gasteiger partial charge < -0.3 is 4.74 Å². The molecule has 0 heterocycles. The van der Waals surface area contributed by atoms with Gasteiger partial charge in [0, 0.05) is 19.4 Å². The maximum Gasteiger partial charge on any atom is 0.135 e. The Balaban J connectivity index is 1.65. The fourth-order valence-electron chi connectivity index (χ4n) is 2.73. The number of hydrogen-bond acceptors (Lipinski definition) is 2. The minimum Gasteiger partial charge on any atom is -0.377 e. The van der Waals surface area contributed by atoms with Gasteiger partial charge in [-0.15, -0.1) is 0 Å². The standard InChI is InChI=1S/C13H22O2/c14-12-7-8-13(9-12)15-10-11-5-3-1-2-4-6-11/h11,13H,1-10H2. The van der Waals surface area contributed by atoms with Gasteiger partial charge in [0.05, 0.1) is 6.10 Å². The van der Waals surface area contributed by atoms with Crippen LogP contribution < -0.4 is 0 Å². The molecular weight excluding hydrogens is 188 g/mol. The van der Waals surface area contributed by atoms with Crippen molar-refractivity contribution in [2.24, 2.45) is 5.92 Å². The zero-order chi connectivity index (χ0) is 10.5. The van der Waals surface area contributed by atoms with Crippen molar-refractivity contribution in [3.05, 3.63) is 0 Å². The van der Waals surface area contributed by atoms with E-state index >= 15 is 0 Å². The zero-order valence-corrected chi connectivity index (χ0v) is 9.54. The molecule has 0 spiro atoms. The van der Waals surface area contributed by atoms with E-state index in [1.54, 1.807) is 0 Å². The van der Waals surface area contributed by atoms with Crippen molar-refractivity contribution in [3.8, 4) is 0 Å². The summed E-state index contributed by atoms with van der Waals surface area (Å²) in [6.45, 7) is 0.901. The first-order valence-corrected chi connectivity index (χ1v) is 6.48. The lowest BCUT2D eigenvalue weighted by Crippen LogP contribution is -2.16. The van der Waals surface area contributed by atoms with E-state index in [-0.39, 0.29) is 6.10 Å². The Morgan fingerprint density at radius 1 is 1.07 bits per heavy atom. The van der Waals surface area contributed by atoms with Crippen LogP contribution in [0.5, 0.6) is 0 Å². The molecule has 0 saturated heterocycles. The van der Waals surface area contributed by atoms with E-state index in [0.29, 0.717) is 12.2 Å². The second-order valence-corrected chi connectivity index (χ2v) is 5.09. The minimum absolute atomic E-state index is 0.251. The van der Waals surface area contributed by atoms with Crippen LogP contribution in [0.3, 0.4) is 0 Å². The predicted molar refractivity (Wildman–Crippen MR) is 59.8 cm³/mol. The van der Waals surface area contributed by atoms with E-state index in [2.05, 4.69) is 0 Å². The minimum atomic E-state index is 0.251. The van der Waals surface area contributed by atoms with E-state index in [1.165, 1.54) is 38.5 Å². The first-order chi connectivity index (χ1) is 7.34. The quantitative estimate of drug-likeness (QED) is 0.669. The summed E-state index contributed by atoms with van der Waals surface area (Å²) in [5.41, 5.74) is 0. The van der Waals surface area contributed by atoms with Crippen LogP contribution in [0.2, 0.25) is 0 Å². The average molecular weight is 210 g/mol. The summed E-state index contributed by atoms with van der Waals surface area (Å²) in [5, 5.41) is 0. The van der Waals surface area contributed by atoms with Gasteiger partial charge in [-0.05, 0) is 25.2 Å². The van der Waals surface area contributed by atoms with Gasteiger partial charge >= 0.3 is 0 Å². The van der Waals surface area contributed by atoms with Gasteiger partial charge in [-0.2, -0.15) is 0 Å². The Kier molecular flexibility index (Phi) is 4.18. The second kappa shape index (κ2) is 5.64. The molecule has 0 aromatic heterocycles. The predicted octanol–water partition coefficient (Wildman–Crippen LogP) is 3.10. The van der Waals surface area contributed by atoms with Gasteiger partial charge in [-0.3, -0.25) is 4.79 Å². The number of ether oxygens (including phenoxy) is 1. The highest BCUT2D eigenvalue weighted by molar-refractivity contribution is 5.81. The molecule has 2 nitrogen and oxygen atoms in total. The average Bonchev–Trinajstić information content (AvgIpc) is 2.52. The smallest absolute Gasteiger partial charge is 0.135 e. The van der Waals surface area contributed by atoms with Gasteiger partial charge in [0.25, 0.3) is 0 Å². The lowest BCUT2D eigenvalue weighted by atomic mass is 10.0. The Hall–Kier alpha value is -0.370. The van der Waals surface area contributed by atoms with Crippen LogP contribution in [0.15, 0.2) is 0 Å². The largest absolute Gasteiger partial charge is 0.377 e. The number of carbonyl (C=O) groups is 1. The Bertz CT molecular complexity index is 205. The van der Waals surface area contributed by atoms with Gasteiger partial charge in [0.2, 0.25) is 0 Å². The van der Waals surface area contributed by atoms with Crippen molar-refractivity contribution >= 4 is 5.78 Å². The number of carbonyl (C=O) groups excluding carboxylic acids is 1. The van der Waals surface area contributed by atoms with Crippen molar-refractivity contribution in [1.29, 1.82) is 0 Å². The number of hydrogen-bond donors (Lipinski definition) is 0. The molecule has 0 bridgehead atoms. The van der Waals surface area contributed by atoms with Crippen molar-refractivity contribution < 1.29 is 9.53 Å². The third-order valence-corrected chi connectivity index (χ3v) is 3.74. The highest BCUT2D eigenvalue weighted by Gasteiger charge is 2.23. The lowest BCUT2D eigenvalue weighted by molar-refractivity contribution is -0.118. The summed E-state index contributed by atoms with van der Waals surface area (Å²) < 4.78 is 5.85. The fourth-order valence-corrected chi connectivity index (χ4v) is 2.73. The van der Waals surface area contributed by atoms with Crippen LogP contribution in [0, 0.1) is 5.92 Å². The highest BCUT2D eigenvalue weighted by Crippen LogP contribution is 2.25. The van der Waals surface area contributed by atoms with Crippen LogP contribution in [0.25, 0.3) is 0 Å². The molecule has 0 amide bonds. The molecule has 2 fully saturated rings. The van der Waals surface area contributed by atoms with Gasteiger partial charge in [-0.25, -0.2) is 0 Å². The van der Waals surface area contributed by atoms with Crippen LogP contribution in [0.1, 0.15) is 57.8 Å². The molecule has 1 unspecified atom stereocenters. The topological polar surface area (TPSA) is 26.3 Å². The molecule has 2 aliphatic rings. The SMILES string of the molecule is O=C1CCC(OCC2CCCCCC2)C1. The molecule has 0 N–H and O–H groups in total. The molecule has 1 atom stereocenters. The summed E-state index contributed by atoms with van der Waals surface area (Å²) >= 11 is 0. The molecule has 0 aromatic carbocycles. The Morgan fingerprint density at radius 3 is 2.40 bits per heavy atom. The molecule has 0 aromatic rings. The van der Waals surface area contributed by atoms with Crippen molar-refractivity contribution in [1.82, 2.24) is 0 Å². The number of ketones is 1. The summed E-state index contributed by atoms with van der Waals surface area (Å²) in [6, 6.07) is 0. The molecule has 0 radical (unpaired) electrons. The van der Waals surface area contributed by atoms with Gasteiger partial charge in [0.1, 0.15) is 5.78 Å². The van der Waals surface area contributed by atoms with E-state index in [1.807, 2.05) is 0 Å². The van der Waals surface area contributed by atoms with Crippen molar-refractivity contribution in [2.75, 3.05) is 6.61 Å². The molecule has 2 saturated carbocycles. The van der Waals surface area contributed by atoms with Gasteiger partial charge in [0.15, 0.2) is 0 Å². The molecule has 15 heavy (non-hydrogen) atoms. The third-order valence-electron chi connectivity index (χ3n) is 3.74. The lowest BCUT2D eigenvalue weighted by Gasteiger charge is -2.17. The molecule has 86 valence electrons. The monoisotopic (exact) mass is 210 g/mol. The molecule has 2 rings (SSSR count). The molecular formula is C13H22O2.